The highest BCUT2D eigenvalue weighted by Crippen LogP contribution is 2.57. The number of alkyl halides is 2. The van der Waals surface area contributed by atoms with Crippen LogP contribution in [0.1, 0.15) is 46.9 Å². The molecule has 3 nitrogen and oxygen atoms in total. The molecule has 0 saturated heterocycles. The van der Waals surface area contributed by atoms with Gasteiger partial charge in [0, 0.05) is 18.3 Å². The first-order valence-corrected chi connectivity index (χ1v) is 17.4. The molecule has 0 saturated carbocycles. The van der Waals surface area contributed by atoms with E-state index in [2.05, 4.69) is 0 Å². The maximum absolute atomic E-state index is 14.3. The lowest BCUT2D eigenvalue weighted by Crippen LogP contribution is -2.38. The van der Waals surface area contributed by atoms with Gasteiger partial charge in [0.05, 0.1) is 0 Å². The summed E-state index contributed by atoms with van der Waals surface area (Å²) in [6.07, 6.45) is -0.494. The lowest BCUT2D eigenvalue weighted by molar-refractivity contribution is 0.0435. The minimum Gasteiger partial charge on any atom is -0.743 e. The molecule has 13 heteroatoms. The Hall–Kier alpha value is -4.20. The second kappa shape index (κ2) is 13.3. The number of hydrogen-bond donors (Lipinski definition) is 0. The summed E-state index contributed by atoms with van der Waals surface area (Å²) in [5.41, 5.74) is 4.17. The molecular weight excluding hydrogens is 697 g/mol. The molecule has 0 aromatic heterocycles. The molecule has 1 unspecified atom stereocenters. The molecule has 0 fully saturated rings. The third-order valence-electron chi connectivity index (χ3n) is 8.66. The van der Waals surface area contributed by atoms with Gasteiger partial charge in [-0.1, -0.05) is 66.7 Å². The van der Waals surface area contributed by atoms with Crippen LogP contribution < -0.4 is 0 Å². The summed E-state index contributed by atoms with van der Waals surface area (Å²) in [6.45, 7) is 0. The molecule has 0 spiro atoms. The van der Waals surface area contributed by atoms with Gasteiger partial charge in [0.2, 0.25) is 14.7 Å². The van der Waals surface area contributed by atoms with Crippen molar-refractivity contribution in [3.63, 3.8) is 0 Å². The highest BCUT2D eigenvalue weighted by molar-refractivity contribution is 7.97. The largest absolute Gasteiger partial charge is 0.743 e. The summed E-state index contributed by atoms with van der Waals surface area (Å²) >= 11 is 0. The van der Waals surface area contributed by atoms with Crippen LogP contribution in [0.5, 0.6) is 0 Å². The first-order valence-electron chi connectivity index (χ1n) is 14.8. The van der Waals surface area contributed by atoms with Crippen molar-refractivity contribution in [2.45, 2.75) is 44.6 Å². The Bertz CT molecular complexity index is 1930. The van der Waals surface area contributed by atoms with Crippen LogP contribution in [0.4, 0.5) is 35.1 Å². The van der Waals surface area contributed by atoms with Gasteiger partial charge in [-0.3, -0.25) is 0 Å². The second-order valence-electron chi connectivity index (χ2n) is 11.5. The van der Waals surface area contributed by atoms with E-state index in [1.807, 2.05) is 48.5 Å². The van der Waals surface area contributed by atoms with Crippen LogP contribution in [0.15, 0.2) is 118 Å². The van der Waals surface area contributed by atoms with Gasteiger partial charge in [-0.25, -0.2) is 34.8 Å². The zero-order valence-electron chi connectivity index (χ0n) is 25.0. The van der Waals surface area contributed by atoms with E-state index in [9.17, 15) is 48.1 Å². The number of benzene rings is 5. The smallest absolute Gasteiger partial charge is 0.334 e. The Balaban J connectivity index is 0.000000170. The van der Waals surface area contributed by atoms with E-state index in [4.69, 9.17) is 0 Å². The first kappa shape index (κ1) is 34.7. The van der Waals surface area contributed by atoms with Crippen molar-refractivity contribution in [2.24, 2.45) is 5.92 Å². The highest BCUT2D eigenvalue weighted by atomic mass is 32.2. The maximum atomic E-state index is 14.3. The SMILES string of the molecule is Fc1cccc(F)c1[S+](c1c(F)cccc1F)c1c(F)cccc1F.O=S(=O)([O-])C(F)(F)CC1CC2c3ccccc3C1c1ccccc12. The van der Waals surface area contributed by atoms with Crippen LogP contribution in [-0.4, -0.2) is 18.2 Å². The zero-order valence-corrected chi connectivity index (χ0v) is 26.7. The van der Waals surface area contributed by atoms with Crippen LogP contribution >= 0.6 is 0 Å². The van der Waals surface area contributed by atoms with Crippen LogP contribution in [0.3, 0.4) is 0 Å². The molecule has 3 aliphatic carbocycles. The second-order valence-corrected chi connectivity index (χ2v) is 14.9. The van der Waals surface area contributed by atoms with Crippen molar-refractivity contribution >= 4 is 21.0 Å². The van der Waals surface area contributed by atoms with Crippen molar-refractivity contribution in [2.75, 3.05) is 0 Å². The molecule has 0 heterocycles. The van der Waals surface area contributed by atoms with Gasteiger partial charge in [-0.15, -0.1) is 0 Å². The lowest BCUT2D eigenvalue weighted by Gasteiger charge is -2.46. The van der Waals surface area contributed by atoms with Crippen molar-refractivity contribution in [1.82, 2.24) is 0 Å². The lowest BCUT2D eigenvalue weighted by atomic mass is 9.58. The van der Waals surface area contributed by atoms with Gasteiger partial charge >= 0.3 is 5.25 Å². The predicted molar refractivity (Wildman–Crippen MR) is 165 cm³/mol. The number of fused-ring (bicyclic) bond motifs is 1. The summed E-state index contributed by atoms with van der Waals surface area (Å²) in [5.74, 6) is -7.85. The monoisotopic (exact) mass is 720 g/mol. The van der Waals surface area contributed by atoms with E-state index < -0.39 is 88.2 Å². The highest BCUT2D eigenvalue weighted by Gasteiger charge is 2.49. The van der Waals surface area contributed by atoms with E-state index in [1.54, 1.807) is 0 Å². The Labute approximate surface area is 279 Å². The number of rotatable bonds is 6. The molecule has 49 heavy (non-hydrogen) atoms. The van der Waals surface area contributed by atoms with E-state index in [0.717, 1.165) is 76.9 Å². The minimum absolute atomic E-state index is 0.0300. The fourth-order valence-corrected chi connectivity index (χ4v) is 9.31. The summed E-state index contributed by atoms with van der Waals surface area (Å²) in [4.78, 5) is -2.43. The van der Waals surface area contributed by atoms with Crippen LogP contribution in [-0.2, 0) is 21.0 Å². The molecular formula is C36H24F8O3S2. The molecule has 1 atom stereocenters. The zero-order chi connectivity index (χ0) is 35.2. The normalized spacial score (nSPS) is 18.0. The first-order chi connectivity index (χ1) is 23.2. The molecule has 0 N–H and O–H groups in total. The average Bonchev–Trinajstić information content (AvgIpc) is 3.04. The summed E-state index contributed by atoms with van der Waals surface area (Å²) in [5, 5.41) is -4.24. The van der Waals surface area contributed by atoms with E-state index >= 15 is 0 Å². The minimum atomic E-state index is -5.66. The van der Waals surface area contributed by atoms with Crippen LogP contribution in [0.2, 0.25) is 0 Å². The fraction of sp³-hybridized carbons (Fsp3) is 0.167. The topological polar surface area (TPSA) is 57.2 Å². The maximum Gasteiger partial charge on any atom is 0.334 e. The molecule has 5 aromatic rings. The Morgan fingerprint density at radius 3 is 1.22 bits per heavy atom. The van der Waals surface area contributed by atoms with Gasteiger partial charge in [-0.05, 0) is 71.0 Å². The van der Waals surface area contributed by atoms with Crippen LogP contribution in [0, 0.1) is 40.8 Å². The summed E-state index contributed by atoms with van der Waals surface area (Å²) in [7, 11) is -7.99. The quantitative estimate of drug-likeness (QED) is 0.0999. The number of hydrogen-bond acceptors (Lipinski definition) is 3. The molecule has 0 radical (unpaired) electrons. The summed E-state index contributed by atoms with van der Waals surface area (Å²) < 4.78 is 146. The average molecular weight is 721 g/mol. The van der Waals surface area contributed by atoms with Crippen molar-refractivity contribution in [3.8, 4) is 0 Å². The standard InChI is InChI=1S/C18H9F6S.C18H16F2O3S/c19-10-4-1-5-11(20)16(10)25(17-12(21)6-2-7-13(17)22)18-14(23)8-3-9-15(18)24;19-18(20,24(21,22)23)10-11-9-16-12-5-1-3-7-14(12)17(11)15-8-4-2-6-13(15)16/h1-9H;1-8,11,16-17H,9-10H2,(H,21,22,23)/q+1;/p-1. The van der Waals surface area contributed by atoms with Crippen molar-refractivity contribution in [1.29, 1.82) is 0 Å². The molecule has 0 aliphatic heterocycles. The van der Waals surface area contributed by atoms with Gasteiger partial charge < -0.3 is 4.55 Å². The molecule has 3 aliphatic rings. The predicted octanol–water partition coefficient (Wildman–Crippen LogP) is 9.43. The summed E-state index contributed by atoms with van der Waals surface area (Å²) in [6, 6.07) is 23.7. The van der Waals surface area contributed by atoms with E-state index in [0.29, 0.717) is 6.42 Å². The van der Waals surface area contributed by atoms with Gasteiger partial charge in [0.15, 0.2) is 45.0 Å². The molecule has 0 amide bonds. The van der Waals surface area contributed by atoms with E-state index in [1.165, 1.54) is 0 Å². The van der Waals surface area contributed by atoms with Gasteiger partial charge in [0.25, 0.3) is 0 Å². The van der Waals surface area contributed by atoms with Gasteiger partial charge in [0.1, 0.15) is 10.9 Å². The molecule has 2 bridgehead atoms. The third kappa shape index (κ3) is 6.35. The van der Waals surface area contributed by atoms with Crippen molar-refractivity contribution in [3.05, 3.63) is 160 Å². The van der Waals surface area contributed by atoms with Gasteiger partial charge in [-0.2, -0.15) is 8.78 Å². The van der Waals surface area contributed by atoms with Crippen LogP contribution in [0.25, 0.3) is 0 Å². The Kier molecular flexibility index (Phi) is 9.38. The Morgan fingerprint density at radius 2 is 0.898 bits per heavy atom. The van der Waals surface area contributed by atoms with Crippen molar-refractivity contribution < 1.29 is 48.1 Å². The Morgan fingerprint density at radius 1 is 0.571 bits per heavy atom. The molecule has 8 rings (SSSR count). The fourth-order valence-electron chi connectivity index (χ4n) is 6.71. The van der Waals surface area contributed by atoms with E-state index in [-0.39, 0.29) is 11.8 Å². The third-order valence-corrected chi connectivity index (χ3v) is 12.0. The molecule has 254 valence electrons. The molecule has 5 aromatic carbocycles. The number of halogens is 8.